The van der Waals surface area contributed by atoms with Gasteiger partial charge < -0.3 is 10.1 Å². The molecule has 4 heteroatoms. The summed E-state index contributed by atoms with van der Waals surface area (Å²) in [4.78, 5) is 0. The highest BCUT2D eigenvalue weighted by Gasteiger charge is 2.30. The Morgan fingerprint density at radius 2 is 2.37 bits per heavy atom. The van der Waals surface area contributed by atoms with E-state index in [-0.39, 0.29) is 0 Å². The Labute approximate surface area is 124 Å². The summed E-state index contributed by atoms with van der Waals surface area (Å²) < 4.78 is 5.87. The lowest BCUT2D eigenvalue weighted by molar-refractivity contribution is 0.353. The van der Waals surface area contributed by atoms with Crippen LogP contribution < -0.4 is 10.1 Å². The van der Waals surface area contributed by atoms with Crippen LogP contribution in [0.25, 0.3) is 0 Å². The highest BCUT2D eigenvalue weighted by Crippen LogP contribution is 2.45. The SMILES string of the molecule is CCNC1CC(C)SCc2c3c(cc(Cl)c21)CCO3. The summed E-state index contributed by atoms with van der Waals surface area (Å²) in [5, 5.41) is 5.15. The third kappa shape index (κ3) is 2.48. The molecule has 0 aromatic heterocycles. The monoisotopic (exact) mass is 297 g/mol. The lowest BCUT2D eigenvalue weighted by atomic mass is 9.94. The Morgan fingerprint density at radius 1 is 1.53 bits per heavy atom. The molecule has 2 unspecified atom stereocenters. The van der Waals surface area contributed by atoms with Crippen LogP contribution in [0.15, 0.2) is 6.07 Å². The van der Waals surface area contributed by atoms with Crippen LogP contribution in [0.5, 0.6) is 5.75 Å². The Bertz CT molecular complexity index is 492. The van der Waals surface area contributed by atoms with Gasteiger partial charge in [-0.2, -0.15) is 11.8 Å². The van der Waals surface area contributed by atoms with Crippen LogP contribution in [-0.4, -0.2) is 18.4 Å². The number of rotatable bonds is 2. The van der Waals surface area contributed by atoms with Gasteiger partial charge >= 0.3 is 0 Å². The molecule has 0 fully saturated rings. The van der Waals surface area contributed by atoms with Crippen LogP contribution in [0.2, 0.25) is 5.02 Å². The second-order valence-corrected chi connectivity index (χ2v) is 7.14. The molecule has 2 aliphatic heterocycles. The summed E-state index contributed by atoms with van der Waals surface area (Å²) in [6.07, 6.45) is 2.12. The Morgan fingerprint density at radius 3 is 3.16 bits per heavy atom. The molecule has 1 aromatic carbocycles. The second kappa shape index (κ2) is 5.55. The van der Waals surface area contributed by atoms with E-state index in [1.165, 1.54) is 16.7 Å². The Kier molecular flexibility index (Phi) is 3.97. The maximum atomic E-state index is 6.57. The average molecular weight is 298 g/mol. The molecule has 0 saturated carbocycles. The molecule has 0 aliphatic carbocycles. The van der Waals surface area contributed by atoms with Crippen LogP contribution in [0.1, 0.15) is 43.0 Å². The van der Waals surface area contributed by atoms with Crippen molar-refractivity contribution in [1.29, 1.82) is 0 Å². The predicted molar refractivity (Wildman–Crippen MR) is 82.4 cm³/mol. The van der Waals surface area contributed by atoms with E-state index >= 15 is 0 Å². The van der Waals surface area contributed by atoms with Gasteiger partial charge in [0.15, 0.2) is 0 Å². The van der Waals surface area contributed by atoms with E-state index in [1.807, 2.05) is 11.8 Å². The van der Waals surface area contributed by atoms with Gasteiger partial charge in [-0.25, -0.2) is 0 Å². The number of fused-ring (bicyclic) bond motifs is 3. The zero-order valence-corrected chi connectivity index (χ0v) is 13.0. The van der Waals surface area contributed by atoms with Crippen LogP contribution >= 0.6 is 23.4 Å². The maximum absolute atomic E-state index is 6.57. The van der Waals surface area contributed by atoms with Crippen molar-refractivity contribution in [2.24, 2.45) is 0 Å². The molecule has 2 atom stereocenters. The van der Waals surface area contributed by atoms with Gasteiger partial charge in [0, 0.05) is 34.1 Å². The third-order valence-electron chi connectivity index (χ3n) is 3.95. The summed E-state index contributed by atoms with van der Waals surface area (Å²) in [6.45, 7) is 6.22. The molecule has 1 N–H and O–H groups in total. The molecule has 104 valence electrons. The molecule has 2 nitrogen and oxygen atoms in total. The van der Waals surface area contributed by atoms with Crippen LogP contribution in [0, 0.1) is 0 Å². The molecule has 0 bridgehead atoms. The van der Waals surface area contributed by atoms with E-state index < -0.39 is 0 Å². The van der Waals surface area contributed by atoms with Crippen molar-refractivity contribution in [3.8, 4) is 5.75 Å². The first-order valence-electron chi connectivity index (χ1n) is 7.02. The number of ether oxygens (including phenoxy) is 1. The number of benzene rings is 1. The number of hydrogen-bond acceptors (Lipinski definition) is 3. The van der Waals surface area contributed by atoms with Crippen molar-refractivity contribution in [3.63, 3.8) is 0 Å². The summed E-state index contributed by atoms with van der Waals surface area (Å²) in [7, 11) is 0. The molecule has 2 heterocycles. The number of nitrogens with one attached hydrogen (secondary N) is 1. The van der Waals surface area contributed by atoms with Crippen molar-refractivity contribution in [3.05, 3.63) is 27.8 Å². The third-order valence-corrected chi connectivity index (χ3v) is 5.48. The van der Waals surface area contributed by atoms with E-state index in [0.29, 0.717) is 11.3 Å². The van der Waals surface area contributed by atoms with Crippen LogP contribution in [-0.2, 0) is 12.2 Å². The average Bonchev–Trinajstić information content (AvgIpc) is 2.76. The highest BCUT2D eigenvalue weighted by atomic mass is 35.5. The lowest BCUT2D eigenvalue weighted by Gasteiger charge is -2.22. The largest absolute Gasteiger partial charge is 0.493 e. The topological polar surface area (TPSA) is 21.3 Å². The van der Waals surface area contributed by atoms with Crippen molar-refractivity contribution in [2.45, 2.75) is 43.7 Å². The van der Waals surface area contributed by atoms with Crippen LogP contribution in [0.4, 0.5) is 0 Å². The quantitative estimate of drug-likeness (QED) is 0.893. The summed E-state index contributed by atoms with van der Waals surface area (Å²) >= 11 is 8.58. The minimum Gasteiger partial charge on any atom is -0.493 e. The van der Waals surface area contributed by atoms with Gasteiger partial charge in [-0.1, -0.05) is 25.4 Å². The molecule has 0 amide bonds. The molecule has 3 rings (SSSR count). The van der Waals surface area contributed by atoms with Gasteiger partial charge in [0.1, 0.15) is 5.75 Å². The number of halogens is 1. The van der Waals surface area contributed by atoms with E-state index in [1.54, 1.807) is 0 Å². The van der Waals surface area contributed by atoms with Gasteiger partial charge in [0.2, 0.25) is 0 Å². The zero-order chi connectivity index (χ0) is 13.4. The molecular weight excluding hydrogens is 278 g/mol. The molecule has 0 radical (unpaired) electrons. The van der Waals surface area contributed by atoms with Crippen molar-refractivity contribution in [2.75, 3.05) is 13.2 Å². The first-order chi connectivity index (χ1) is 9.20. The fourth-order valence-corrected chi connectivity index (χ4v) is 4.52. The van der Waals surface area contributed by atoms with Gasteiger partial charge in [-0.05, 0) is 30.2 Å². The predicted octanol–water partition coefficient (Wildman–Crippen LogP) is 3.95. The van der Waals surface area contributed by atoms with Gasteiger partial charge in [-0.3, -0.25) is 0 Å². The standard InChI is InChI=1S/C15H20ClNOS/c1-3-17-13-6-9(2)19-8-11-14(13)12(16)7-10-4-5-18-15(10)11/h7,9,13,17H,3-6,8H2,1-2H3. The van der Waals surface area contributed by atoms with Gasteiger partial charge in [0.25, 0.3) is 0 Å². The summed E-state index contributed by atoms with van der Waals surface area (Å²) in [5.74, 6) is 2.13. The van der Waals surface area contributed by atoms with Crippen molar-refractivity contribution in [1.82, 2.24) is 5.32 Å². The second-order valence-electron chi connectivity index (χ2n) is 5.30. The van der Waals surface area contributed by atoms with E-state index in [0.717, 1.165) is 42.5 Å². The number of thioether (sulfide) groups is 1. The van der Waals surface area contributed by atoms with Crippen molar-refractivity contribution < 1.29 is 4.74 Å². The lowest BCUT2D eigenvalue weighted by Crippen LogP contribution is -2.23. The van der Waals surface area contributed by atoms with Crippen molar-refractivity contribution >= 4 is 23.4 Å². The minimum atomic E-state index is 0.354. The molecule has 1 aromatic rings. The summed E-state index contributed by atoms with van der Waals surface area (Å²) in [5.41, 5.74) is 3.90. The van der Waals surface area contributed by atoms with E-state index in [4.69, 9.17) is 16.3 Å². The first-order valence-corrected chi connectivity index (χ1v) is 8.45. The fourth-order valence-electron chi connectivity index (χ4n) is 3.08. The smallest absolute Gasteiger partial charge is 0.127 e. The van der Waals surface area contributed by atoms with E-state index in [2.05, 4.69) is 25.2 Å². The van der Waals surface area contributed by atoms with Gasteiger partial charge in [0.05, 0.1) is 6.61 Å². The minimum absolute atomic E-state index is 0.354. The summed E-state index contributed by atoms with van der Waals surface area (Å²) in [6, 6.07) is 2.47. The molecular formula is C15H20ClNOS. The molecule has 19 heavy (non-hydrogen) atoms. The fraction of sp³-hybridized carbons (Fsp3) is 0.600. The molecule has 0 saturated heterocycles. The number of hydrogen-bond donors (Lipinski definition) is 1. The normalized spacial score (nSPS) is 25.4. The molecule has 0 spiro atoms. The van der Waals surface area contributed by atoms with E-state index in [9.17, 15) is 0 Å². The highest BCUT2D eigenvalue weighted by molar-refractivity contribution is 7.99. The molecule has 2 aliphatic rings. The Hall–Kier alpha value is -0.380. The zero-order valence-electron chi connectivity index (χ0n) is 11.5. The Balaban J connectivity index is 2.11. The van der Waals surface area contributed by atoms with Gasteiger partial charge in [-0.15, -0.1) is 0 Å². The maximum Gasteiger partial charge on any atom is 0.127 e. The first kappa shape index (κ1) is 13.6. The van der Waals surface area contributed by atoms with Crippen LogP contribution in [0.3, 0.4) is 0 Å².